The summed E-state index contributed by atoms with van der Waals surface area (Å²) in [6, 6.07) is 59.5. The van der Waals surface area contributed by atoms with Gasteiger partial charge in [-0.2, -0.15) is 0 Å². The van der Waals surface area contributed by atoms with Crippen LogP contribution in [-0.4, -0.2) is 15.0 Å². The minimum Gasteiger partial charge on any atom is -0.321 e. The van der Waals surface area contributed by atoms with E-state index in [1.54, 1.807) is 0 Å². The minimum absolute atomic E-state index is 0.756. The molecule has 1 aliphatic heterocycles. The van der Waals surface area contributed by atoms with Gasteiger partial charge in [0.15, 0.2) is 0 Å². The van der Waals surface area contributed by atoms with E-state index in [1.807, 2.05) is 12.1 Å². The summed E-state index contributed by atoms with van der Waals surface area (Å²) in [6.07, 6.45) is 0.936. The molecule has 2 heterocycles. The lowest BCUT2D eigenvalue weighted by Crippen LogP contribution is -2.09. The van der Waals surface area contributed by atoms with Gasteiger partial charge in [0.2, 0.25) is 0 Å². The average Bonchev–Trinajstić information content (AvgIpc) is 3.88. The standard InChI is InChI=1S/C45H37N7S/c1-2-31-50-45-41(33-25-29-39(30-26-33)52(36-19-11-5-12-20-36)37-21-13-6-14-22-37)43-42(47-53-48-43)40(44(45)46-49-50)32-23-27-38(28-24-32)51(34-15-7-3-8-16-34)35-17-9-4-10-18-35/h3-30,53H,2,31H2,1H3,(H,47,48). The van der Waals surface area contributed by atoms with E-state index >= 15 is 0 Å². The predicted octanol–water partition coefficient (Wildman–Crippen LogP) is 12.1. The fourth-order valence-corrected chi connectivity index (χ4v) is 7.88. The number of anilines is 7. The highest BCUT2D eigenvalue weighted by atomic mass is 32.1. The summed E-state index contributed by atoms with van der Waals surface area (Å²) >= 11 is 0.790. The lowest BCUT2D eigenvalue weighted by Gasteiger charge is -2.26. The molecule has 9 rings (SSSR count). The molecule has 1 aromatic heterocycles. The maximum atomic E-state index is 5.01. The summed E-state index contributed by atoms with van der Waals surface area (Å²) in [7, 11) is 0. The largest absolute Gasteiger partial charge is 0.321 e. The summed E-state index contributed by atoms with van der Waals surface area (Å²) in [5, 5.41) is 9.59. The molecule has 8 aromatic rings. The third-order valence-corrected chi connectivity index (χ3v) is 10.2. The highest BCUT2D eigenvalue weighted by Gasteiger charge is 2.28. The fourth-order valence-electron chi connectivity index (χ4n) is 7.22. The Kier molecular flexibility index (Phi) is 8.71. The van der Waals surface area contributed by atoms with Crippen LogP contribution >= 0.6 is 0 Å². The van der Waals surface area contributed by atoms with Gasteiger partial charge in [-0.1, -0.05) is 109 Å². The number of nitrogens with zero attached hydrogens (tertiary/aromatic N) is 6. The SMILES string of the molecule is CCCn1nnc2c(-c3ccc(N(c4ccccc4)c4ccccc4)cc3)c3c(c(-c4ccc(N(c5ccccc5)c5ccccc5)cc4)c21)N[SH]=N3. The van der Waals surface area contributed by atoms with Crippen LogP contribution in [0.3, 0.4) is 0 Å². The number of hydrogen-bond donors (Lipinski definition) is 2. The molecule has 7 nitrogen and oxygen atoms in total. The van der Waals surface area contributed by atoms with E-state index in [0.29, 0.717) is 0 Å². The third kappa shape index (κ3) is 6.03. The van der Waals surface area contributed by atoms with Crippen molar-refractivity contribution in [2.24, 2.45) is 4.36 Å². The van der Waals surface area contributed by atoms with Crippen LogP contribution in [0.15, 0.2) is 174 Å². The van der Waals surface area contributed by atoms with Crippen LogP contribution in [-0.2, 0) is 18.3 Å². The molecule has 0 saturated heterocycles. The Morgan fingerprint density at radius 3 is 1.38 bits per heavy atom. The van der Waals surface area contributed by atoms with Crippen molar-refractivity contribution in [3.05, 3.63) is 170 Å². The first kappa shape index (κ1) is 32.4. The van der Waals surface area contributed by atoms with Crippen molar-refractivity contribution in [3.63, 3.8) is 0 Å². The second-order valence-electron chi connectivity index (χ2n) is 12.9. The lowest BCUT2D eigenvalue weighted by atomic mass is 9.93. The topological polar surface area (TPSA) is 61.6 Å². The number of aromatic nitrogens is 3. The van der Waals surface area contributed by atoms with Crippen molar-refractivity contribution in [1.82, 2.24) is 15.0 Å². The monoisotopic (exact) mass is 707 g/mol. The molecule has 0 fully saturated rings. The Balaban J connectivity index is 1.16. The zero-order valence-corrected chi connectivity index (χ0v) is 30.1. The number of para-hydroxylation sites is 4. The van der Waals surface area contributed by atoms with Gasteiger partial charge in [0.1, 0.15) is 11.2 Å². The smallest absolute Gasteiger partial charge is 0.124 e. The zero-order chi connectivity index (χ0) is 35.6. The first-order valence-electron chi connectivity index (χ1n) is 17.9. The highest BCUT2D eigenvalue weighted by molar-refractivity contribution is 7.70. The second-order valence-corrected chi connectivity index (χ2v) is 13.5. The van der Waals surface area contributed by atoms with Crippen LogP contribution < -0.4 is 14.5 Å². The van der Waals surface area contributed by atoms with Crippen LogP contribution in [0.25, 0.3) is 33.3 Å². The van der Waals surface area contributed by atoms with Gasteiger partial charge in [-0.3, -0.25) is 0 Å². The van der Waals surface area contributed by atoms with E-state index in [1.165, 1.54) is 0 Å². The Labute approximate surface area is 313 Å². The molecule has 258 valence electrons. The van der Waals surface area contributed by atoms with Crippen molar-refractivity contribution in [2.75, 3.05) is 14.5 Å². The molecule has 0 saturated carbocycles. The van der Waals surface area contributed by atoms with Gasteiger partial charge < -0.3 is 14.5 Å². The van der Waals surface area contributed by atoms with E-state index < -0.39 is 0 Å². The Morgan fingerprint density at radius 2 is 0.943 bits per heavy atom. The summed E-state index contributed by atoms with van der Waals surface area (Å²) < 4.78 is 10.7. The van der Waals surface area contributed by atoms with Gasteiger partial charge in [0.25, 0.3) is 0 Å². The quantitative estimate of drug-likeness (QED) is 0.139. The number of hydrogen-bond acceptors (Lipinski definition) is 6. The van der Waals surface area contributed by atoms with Crippen LogP contribution in [0.5, 0.6) is 0 Å². The molecule has 0 radical (unpaired) electrons. The number of rotatable bonds is 10. The number of fused-ring (bicyclic) bond motifs is 2. The van der Waals surface area contributed by atoms with E-state index in [-0.39, 0.29) is 0 Å². The molecule has 0 amide bonds. The van der Waals surface area contributed by atoms with Gasteiger partial charge in [0, 0.05) is 51.8 Å². The fraction of sp³-hybridized carbons (Fsp3) is 0.0667. The number of nitrogens with one attached hydrogen (secondary N) is 1. The molecule has 0 unspecified atom stereocenters. The lowest BCUT2D eigenvalue weighted by molar-refractivity contribution is 0.596. The van der Waals surface area contributed by atoms with E-state index in [9.17, 15) is 0 Å². The third-order valence-electron chi connectivity index (χ3n) is 9.57. The molecule has 0 bridgehead atoms. The normalized spacial score (nSPS) is 11.9. The van der Waals surface area contributed by atoms with Gasteiger partial charge >= 0.3 is 0 Å². The Hall–Kier alpha value is -6.51. The van der Waals surface area contributed by atoms with Crippen molar-refractivity contribution < 1.29 is 0 Å². The van der Waals surface area contributed by atoms with Crippen molar-refractivity contribution in [2.45, 2.75) is 19.9 Å². The molecule has 0 atom stereocenters. The Morgan fingerprint density at radius 1 is 0.528 bits per heavy atom. The van der Waals surface area contributed by atoms with Crippen LogP contribution in [0.1, 0.15) is 13.3 Å². The number of benzene rings is 7. The van der Waals surface area contributed by atoms with Crippen LogP contribution in [0.4, 0.5) is 45.5 Å². The van der Waals surface area contributed by atoms with Crippen molar-refractivity contribution in [3.8, 4) is 22.3 Å². The molecule has 8 heteroatoms. The van der Waals surface area contributed by atoms with Crippen molar-refractivity contribution >= 4 is 68.3 Å². The van der Waals surface area contributed by atoms with Gasteiger partial charge in [-0.25, -0.2) is 9.04 Å². The minimum atomic E-state index is 0.756. The maximum absolute atomic E-state index is 5.01. The average molecular weight is 708 g/mol. The number of aryl methyl sites for hydroxylation is 1. The van der Waals surface area contributed by atoms with Gasteiger partial charge in [-0.05, 0) is 102 Å². The van der Waals surface area contributed by atoms with Crippen LogP contribution in [0.2, 0.25) is 0 Å². The predicted molar refractivity (Wildman–Crippen MR) is 223 cm³/mol. The highest BCUT2D eigenvalue weighted by Crippen LogP contribution is 2.51. The Bertz CT molecular complexity index is 2440. The molecule has 0 aliphatic carbocycles. The zero-order valence-electron chi connectivity index (χ0n) is 29.2. The van der Waals surface area contributed by atoms with E-state index in [2.05, 4.69) is 184 Å². The van der Waals surface area contributed by atoms with E-state index in [0.717, 1.165) is 103 Å². The van der Waals surface area contributed by atoms with Crippen LogP contribution in [0, 0.1) is 0 Å². The molecule has 53 heavy (non-hydrogen) atoms. The van der Waals surface area contributed by atoms with E-state index in [4.69, 9.17) is 14.7 Å². The van der Waals surface area contributed by atoms with Gasteiger partial charge in [-0.15, -0.1) is 5.10 Å². The molecular formula is C45H37N7S. The summed E-state index contributed by atoms with van der Waals surface area (Å²) in [4.78, 5) is 4.55. The molecule has 7 aromatic carbocycles. The maximum Gasteiger partial charge on any atom is 0.124 e. The summed E-state index contributed by atoms with van der Waals surface area (Å²) in [6.45, 7) is 2.93. The molecule has 1 aliphatic rings. The molecule has 1 N–H and O–H groups in total. The second kappa shape index (κ2) is 14.3. The summed E-state index contributed by atoms with van der Waals surface area (Å²) in [5.74, 6) is 0. The molecular weight excluding hydrogens is 671 g/mol. The number of thiol groups is 1. The first-order valence-corrected chi connectivity index (χ1v) is 18.7. The summed E-state index contributed by atoms with van der Waals surface area (Å²) in [5.41, 5.74) is 14.5. The van der Waals surface area contributed by atoms with Crippen molar-refractivity contribution in [1.29, 1.82) is 0 Å². The first-order chi connectivity index (χ1) is 26.3. The molecule has 0 spiro atoms. The van der Waals surface area contributed by atoms with Gasteiger partial charge in [0.05, 0.1) is 11.2 Å².